The first kappa shape index (κ1) is 21.0. The number of oxazole rings is 1. The van der Waals surface area contributed by atoms with Crippen LogP contribution in [0.5, 0.6) is 0 Å². The molecule has 25 heavy (non-hydrogen) atoms. The van der Waals surface area contributed by atoms with E-state index in [1.54, 1.807) is 19.3 Å². The molecule has 0 aliphatic carbocycles. The van der Waals surface area contributed by atoms with E-state index in [0.29, 0.717) is 30.7 Å². The molecule has 2 rings (SSSR count). The molecule has 0 aliphatic rings. The Balaban J connectivity index is 0.00000312. The third kappa shape index (κ3) is 6.07. The number of hydrogen-bond acceptors (Lipinski definition) is 5. The minimum Gasteiger partial charge on any atom is -0.454 e. The molecular weight excluding hydrogens is 437 g/mol. The second-order valence-electron chi connectivity index (χ2n) is 6.28. The van der Waals surface area contributed by atoms with Gasteiger partial charge in [0.1, 0.15) is 11.5 Å². The number of primary amides is 1. The van der Waals surface area contributed by atoms with Crippen LogP contribution in [-0.2, 0) is 18.5 Å². The number of nitrogens with two attached hydrogens (primary N) is 1. The fraction of sp³-hybridized carbons (Fsp3) is 0.438. The van der Waals surface area contributed by atoms with Crippen LogP contribution in [-0.4, -0.2) is 23.9 Å². The van der Waals surface area contributed by atoms with E-state index < -0.39 is 5.91 Å². The molecule has 9 heteroatoms. The number of halogens is 1. The molecule has 0 spiro atoms. The molecule has 4 N–H and O–H groups in total. The molecule has 0 atom stereocenters. The van der Waals surface area contributed by atoms with E-state index in [2.05, 4.69) is 41.4 Å². The van der Waals surface area contributed by atoms with Gasteiger partial charge in [-0.2, -0.15) is 0 Å². The van der Waals surface area contributed by atoms with Crippen molar-refractivity contribution in [3.63, 3.8) is 0 Å². The number of hydrogen-bond donors (Lipinski definition) is 3. The van der Waals surface area contributed by atoms with Crippen LogP contribution in [0.1, 0.15) is 48.7 Å². The van der Waals surface area contributed by atoms with Crippen molar-refractivity contribution < 1.29 is 13.6 Å². The maximum Gasteiger partial charge on any atom is 0.284 e. The van der Waals surface area contributed by atoms with Gasteiger partial charge in [0.15, 0.2) is 11.7 Å². The van der Waals surface area contributed by atoms with Crippen molar-refractivity contribution in [2.24, 2.45) is 10.7 Å². The molecule has 2 heterocycles. The van der Waals surface area contributed by atoms with Gasteiger partial charge in [-0.25, -0.2) is 4.98 Å². The molecule has 0 radical (unpaired) electrons. The largest absolute Gasteiger partial charge is 0.454 e. The molecule has 0 bridgehead atoms. The number of guanidine groups is 1. The maximum atomic E-state index is 11.0. The molecule has 2 aromatic heterocycles. The number of furan rings is 1. The summed E-state index contributed by atoms with van der Waals surface area (Å²) in [5, 5.41) is 6.17. The summed E-state index contributed by atoms with van der Waals surface area (Å²) in [4.78, 5) is 19.4. The van der Waals surface area contributed by atoms with Crippen molar-refractivity contribution >= 4 is 35.8 Å². The Morgan fingerprint density at radius 3 is 2.44 bits per heavy atom. The maximum absolute atomic E-state index is 11.0. The predicted molar refractivity (Wildman–Crippen MR) is 105 cm³/mol. The Kier molecular flexibility index (Phi) is 7.46. The minimum atomic E-state index is -0.595. The van der Waals surface area contributed by atoms with Crippen LogP contribution < -0.4 is 16.4 Å². The zero-order valence-electron chi connectivity index (χ0n) is 14.8. The van der Waals surface area contributed by atoms with Crippen LogP contribution in [0.15, 0.2) is 32.2 Å². The fourth-order valence-electron chi connectivity index (χ4n) is 1.89. The average Bonchev–Trinajstić information content (AvgIpc) is 3.16. The number of aromatic nitrogens is 1. The van der Waals surface area contributed by atoms with Crippen LogP contribution in [0.3, 0.4) is 0 Å². The van der Waals surface area contributed by atoms with Crippen LogP contribution >= 0.6 is 24.0 Å². The minimum absolute atomic E-state index is 0. The zero-order chi connectivity index (χ0) is 17.7. The molecular formula is C16H24IN5O3. The van der Waals surface area contributed by atoms with Gasteiger partial charge < -0.3 is 25.2 Å². The zero-order valence-corrected chi connectivity index (χ0v) is 17.1. The van der Waals surface area contributed by atoms with Gasteiger partial charge in [-0.3, -0.25) is 9.79 Å². The molecule has 1 amide bonds. The Morgan fingerprint density at radius 1 is 1.24 bits per heavy atom. The first-order valence-electron chi connectivity index (χ1n) is 7.58. The van der Waals surface area contributed by atoms with Gasteiger partial charge in [0, 0.05) is 12.5 Å². The molecule has 0 unspecified atom stereocenters. The highest BCUT2D eigenvalue weighted by Crippen LogP contribution is 2.22. The van der Waals surface area contributed by atoms with Crippen molar-refractivity contribution in [3.8, 4) is 0 Å². The van der Waals surface area contributed by atoms with E-state index >= 15 is 0 Å². The number of nitrogens with one attached hydrogen (secondary N) is 2. The predicted octanol–water partition coefficient (Wildman–Crippen LogP) is 2.15. The summed E-state index contributed by atoms with van der Waals surface area (Å²) in [5.74, 6) is 2.08. The van der Waals surface area contributed by atoms with Crippen LogP contribution in [0.4, 0.5) is 0 Å². The lowest BCUT2D eigenvalue weighted by Gasteiger charge is -2.13. The molecule has 0 fully saturated rings. The summed E-state index contributed by atoms with van der Waals surface area (Å²) in [5.41, 5.74) is 5.07. The number of carbonyl (C=O) groups is 1. The summed E-state index contributed by atoms with van der Waals surface area (Å²) in [6.07, 6.45) is 1.74. The van der Waals surface area contributed by atoms with Crippen molar-refractivity contribution in [1.29, 1.82) is 0 Å². The van der Waals surface area contributed by atoms with E-state index in [1.165, 1.54) is 6.07 Å². The lowest BCUT2D eigenvalue weighted by Crippen LogP contribution is -2.36. The highest BCUT2D eigenvalue weighted by atomic mass is 127. The number of aliphatic imine (C=N–C) groups is 1. The lowest BCUT2D eigenvalue weighted by atomic mass is 9.94. The molecule has 0 aromatic carbocycles. The first-order valence-corrected chi connectivity index (χ1v) is 7.58. The van der Waals surface area contributed by atoms with E-state index in [0.717, 1.165) is 5.76 Å². The fourth-order valence-corrected chi connectivity index (χ4v) is 1.89. The Hall–Kier alpha value is -2.04. The molecule has 8 nitrogen and oxygen atoms in total. The Bertz CT molecular complexity index is 730. The van der Waals surface area contributed by atoms with E-state index in [9.17, 15) is 4.79 Å². The summed E-state index contributed by atoms with van der Waals surface area (Å²) in [6.45, 7) is 6.96. The van der Waals surface area contributed by atoms with Gasteiger partial charge in [-0.1, -0.05) is 20.8 Å². The van der Waals surface area contributed by atoms with Gasteiger partial charge >= 0.3 is 0 Å². The average molecular weight is 461 g/mol. The van der Waals surface area contributed by atoms with Crippen molar-refractivity contribution in [2.75, 3.05) is 7.05 Å². The summed E-state index contributed by atoms with van der Waals surface area (Å²) < 4.78 is 11.0. The topological polar surface area (TPSA) is 119 Å². The summed E-state index contributed by atoms with van der Waals surface area (Å²) in [7, 11) is 1.66. The summed E-state index contributed by atoms with van der Waals surface area (Å²) in [6, 6.07) is 3.22. The number of nitrogens with zero attached hydrogens (tertiary/aromatic N) is 2. The van der Waals surface area contributed by atoms with Crippen molar-refractivity contribution in [2.45, 2.75) is 39.3 Å². The number of amides is 1. The number of carbonyl (C=O) groups excluding carboxylic acids is 1. The van der Waals surface area contributed by atoms with Crippen molar-refractivity contribution in [1.82, 2.24) is 15.6 Å². The van der Waals surface area contributed by atoms with E-state index in [-0.39, 0.29) is 35.2 Å². The quantitative estimate of drug-likeness (QED) is 0.357. The molecule has 0 saturated carbocycles. The van der Waals surface area contributed by atoms with Gasteiger partial charge in [-0.05, 0) is 12.1 Å². The van der Waals surface area contributed by atoms with Gasteiger partial charge in [0.2, 0.25) is 5.89 Å². The second kappa shape index (κ2) is 8.88. The third-order valence-corrected chi connectivity index (χ3v) is 3.26. The van der Waals surface area contributed by atoms with E-state index in [1.807, 2.05) is 0 Å². The second-order valence-corrected chi connectivity index (χ2v) is 6.28. The van der Waals surface area contributed by atoms with Gasteiger partial charge in [0.25, 0.3) is 5.91 Å². The Labute approximate surface area is 163 Å². The molecule has 138 valence electrons. The summed E-state index contributed by atoms with van der Waals surface area (Å²) >= 11 is 0. The van der Waals surface area contributed by atoms with Crippen LogP contribution in [0, 0.1) is 0 Å². The van der Waals surface area contributed by atoms with Crippen molar-refractivity contribution in [3.05, 3.63) is 41.5 Å². The standard InChI is InChI=1S/C16H23N5O3.HI/c1-16(2,3)12-8-19-13(24-12)9-21-15(18-4)20-7-10-5-6-11(23-10)14(17)22;/h5-6,8H,7,9H2,1-4H3,(H2,17,22)(H2,18,20,21);1H. The van der Waals surface area contributed by atoms with Crippen LogP contribution in [0.25, 0.3) is 0 Å². The SMILES string of the molecule is CN=C(NCc1ccc(C(N)=O)o1)NCc1ncc(C(C)(C)C)o1.I. The highest BCUT2D eigenvalue weighted by molar-refractivity contribution is 14.0. The first-order chi connectivity index (χ1) is 11.3. The monoisotopic (exact) mass is 461 g/mol. The Morgan fingerprint density at radius 2 is 1.92 bits per heavy atom. The molecule has 0 saturated heterocycles. The lowest BCUT2D eigenvalue weighted by molar-refractivity contribution is 0.0972. The number of rotatable bonds is 5. The van der Waals surface area contributed by atoms with Crippen LogP contribution in [0.2, 0.25) is 0 Å². The third-order valence-electron chi connectivity index (χ3n) is 3.26. The normalized spacial score (nSPS) is 11.8. The highest BCUT2D eigenvalue weighted by Gasteiger charge is 2.19. The smallest absolute Gasteiger partial charge is 0.284 e. The van der Waals surface area contributed by atoms with E-state index in [4.69, 9.17) is 14.6 Å². The van der Waals surface area contributed by atoms with Gasteiger partial charge in [0.05, 0.1) is 19.3 Å². The molecule has 2 aromatic rings. The molecule has 0 aliphatic heterocycles. The van der Waals surface area contributed by atoms with Gasteiger partial charge in [-0.15, -0.1) is 24.0 Å².